The normalized spacial score (nSPS) is 24.3. The lowest BCUT2D eigenvalue weighted by Crippen LogP contribution is -2.48. The average molecular weight is 307 g/mol. The van der Waals surface area contributed by atoms with Gasteiger partial charge in [0.2, 0.25) is 0 Å². The van der Waals surface area contributed by atoms with Gasteiger partial charge in [0.25, 0.3) is 0 Å². The van der Waals surface area contributed by atoms with Crippen LogP contribution in [0.25, 0.3) is 0 Å². The lowest BCUT2D eigenvalue weighted by Gasteiger charge is -2.36. The SMILES string of the molecule is Cc1cc(C)c(C)c(OC[C@H](O)CN2C[C@@H](C)O[C@@H](C)C2)c1. The molecule has 0 spiro atoms. The number of hydrogen-bond acceptors (Lipinski definition) is 4. The highest BCUT2D eigenvalue weighted by Gasteiger charge is 2.24. The second kappa shape index (κ2) is 7.44. The third-order valence-electron chi connectivity index (χ3n) is 4.16. The Kier molecular flexibility index (Phi) is 5.84. The van der Waals surface area contributed by atoms with Crippen molar-refractivity contribution < 1.29 is 14.6 Å². The van der Waals surface area contributed by atoms with Crippen LogP contribution in [0, 0.1) is 20.8 Å². The van der Waals surface area contributed by atoms with E-state index in [2.05, 4.69) is 45.6 Å². The molecule has 3 atom stereocenters. The van der Waals surface area contributed by atoms with E-state index in [4.69, 9.17) is 9.47 Å². The summed E-state index contributed by atoms with van der Waals surface area (Å²) in [7, 11) is 0. The number of aliphatic hydroxyl groups is 1. The van der Waals surface area contributed by atoms with Crippen LogP contribution >= 0.6 is 0 Å². The van der Waals surface area contributed by atoms with Crippen LogP contribution in [0.15, 0.2) is 12.1 Å². The zero-order valence-electron chi connectivity index (χ0n) is 14.4. The third-order valence-corrected chi connectivity index (χ3v) is 4.16. The molecule has 0 saturated carbocycles. The first kappa shape index (κ1) is 17.3. The number of rotatable bonds is 5. The molecule has 1 aromatic carbocycles. The Bertz CT molecular complexity index is 493. The van der Waals surface area contributed by atoms with E-state index in [1.807, 2.05) is 6.07 Å². The lowest BCUT2D eigenvalue weighted by molar-refractivity contribution is -0.0787. The summed E-state index contributed by atoms with van der Waals surface area (Å²) in [5.74, 6) is 0.875. The van der Waals surface area contributed by atoms with E-state index in [1.54, 1.807) is 0 Å². The van der Waals surface area contributed by atoms with Crippen molar-refractivity contribution in [2.45, 2.75) is 52.9 Å². The molecule has 1 N–H and O–H groups in total. The molecule has 0 aromatic heterocycles. The fourth-order valence-electron chi connectivity index (χ4n) is 3.12. The largest absolute Gasteiger partial charge is 0.491 e. The standard InChI is InChI=1S/C18H29NO3/c1-12-6-13(2)16(5)18(7-12)21-11-17(20)10-19-8-14(3)22-15(4)9-19/h6-7,14-15,17,20H,8-11H2,1-5H3/t14-,15+,17-/m1/s1. The average Bonchev–Trinajstić information content (AvgIpc) is 2.40. The highest BCUT2D eigenvalue weighted by molar-refractivity contribution is 5.41. The van der Waals surface area contributed by atoms with Gasteiger partial charge in [0.15, 0.2) is 0 Å². The number of aliphatic hydroxyl groups excluding tert-OH is 1. The molecule has 4 nitrogen and oxygen atoms in total. The Morgan fingerprint density at radius 1 is 1.23 bits per heavy atom. The van der Waals surface area contributed by atoms with Gasteiger partial charge in [-0.15, -0.1) is 0 Å². The number of morpholine rings is 1. The number of ether oxygens (including phenoxy) is 2. The minimum Gasteiger partial charge on any atom is -0.491 e. The van der Waals surface area contributed by atoms with Crippen LogP contribution in [-0.2, 0) is 4.74 Å². The Labute approximate surface area is 134 Å². The number of benzene rings is 1. The Balaban J connectivity index is 1.86. The molecule has 124 valence electrons. The fraction of sp³-hybridized carbons (Fsp3) is 0.667. The second-order valence-electron chi connectivity index (χ2n) is 6.65. The van der Waals surface area contributed by atoms with Gasteiger partial charge in [0.1, 0.15) is 18.5 Å². The van der Waals surface area contributed by atoms with E-state index in [0.717, 1.165) is 24.4 Å². The van der Waals surface area contributed by atoms with E-state index in [1.165, 1.54) is 11.1 Å². The Hall–Kier alpha value is -1.10. The maximum atomic E-state index is 10.3. The van der Waals surface area contributed by atoms with Gasteiger partial charge >= 0.3 is 0 Å². The third kappa shape index (κ3) is 4.70. The molecule has 22 heavy (non-hydrogen) atoms. The van der Waals surface area contributed by atoms with E-state index < -0.39 is 6.10 Å². The van der Waals surface area contributed by atoms with Crippen molar-refractivity contribution in [1.29, 1.82) is 0 Å². The molecule has 0 radical (unpaired) electrons. The first-order valence-corrected chi connectivity index (χ1v) is 8.11. The summed E-state index contributed by atoms with van der Waals surface area (Å²) in [6.07, 6.45) is -0.0465. The van der Waals surface area contributed by atoms with Crippen LogP contribution in [-0.4, -0.2) is 54.6 Å². The molecule has 1 heterocycles. The minimum absolute atomic E-state index is 0.221. The predicted molar refractivity (Wildman–Crippen MR) is 88.6 cm³/mol. The zero-order valence-corrected chi connectivity index (χ0v) is 14.4. The van der Waals surface area contributed by atoms with Crippen LogP contribution in [0.1, 0.15) is 30.5 Å². The molecule has 1 aliphatic heterocycles. The van der Waals surface area contributed by atoms with Crippen molar-refractivity contribution in [3.63, 3.8) is 0 Å². The molecule has 4 heteroatoms. The number of hydrogen-bond donors (Lipinski definition) is 1. The van der Waals surface area contributed by atoms with Crippen molar-refractivity contribution in [3.05, 3.63) is 28.8 Å². The van der Waals surface area contributed by atoms with Gasteiger partial charge in [-0.25, -0.2) is 0 Å². The molecule has 2 rings (SSSR count). The number of β-amino-alcohol motifs (C(OH)–C–C–N with tert-alkyl or cyclic N) is 1. The minimum atomic E-state index is -0.488. The second-order valence-corrected chi connectivity index (χ2v) is 6.65. The number of aryl methyl sites for hydroxylation is 2. The molecule has 0 aliphatic carbocycles. The molecular weight excluding hydrogens is 278 g/mol. The first-order chi connectivity index (χ1) is 10.3. The molecule has 0 bridgehead atoms. The van der Waals surface area contributed by atoms with Crippen molar-refractivity contribution >= 4 is 0 Å². The summed E-state index contributed by atoms with van der Waals surface area (Å²) in [5.41, 5.74) is 3.55. The van der Waals surface area contributed by atoms with Crippen LogP contribution in [0.2, 0.25) is 0 Å². The lowest BCUT2D eigenvalue weighted by atomic mass is 10.1. The molecule has 1 aromatic rings. The van der Waals surface area contributed by atoms with E-state index >= 15 is 0 Å². The Morgan fingerprint density at radius 2 is 1.86 bits per heavy atom. The van der Waals surface area contributed by atoms with E-state index in [-0.39, 0.29) is 12.2 Å². The highest BCUT2D eigenvalue weighted by Crippen LogP contribution is 2.23. The molecule has 1 aliphatic rings. The maximum Gasteiger partial charge on any atom is 0.122 e. The van der Waals surface area contributed by atoms with Crippen molar-refractivity contribution in [3.8, 4) is 5.75 Å². The van der Waals surface area contributed by atoms with Gasteiger partial charge < -0.3 is 14.6 Å². The van der Waals surface area contributed by atoms with Crippen molar-refractivity contribution in [2.75, 3.05) is 26.2 Å². The first-order valence-electron chi connectivity index (χ1n) is 8.11. The van der Waals surface area contributed by atoms with Gasteiger partial charge in [-0.05, 0) is 57.4 Å². The fourth-order valence-corrected chi connectivity index (χ4v) is 3.12. The zero-order chi connectivity index (χ0) is 16.3. The summed E-state index contributed by atoms with van der Waals surface area (Å²) >= 11 is 0. The van der Waals surface area contributed by atoms with Crippen LogP contribution < -0.4 is 4.74 Å². The van der Waals surface area contributed by atoms with Crippen LogP contribution in [0.5, 0.6) is 5.75 Å². The van der Waals surface area contributed by atoms with Gasteiger partial charge in [0.05, 0.1) is 12.2 Å². The summed E-state index contributed by atoms with van der Waals surface area (Å²) in [4.78, 5) is 2.25. The number of nitrogens with zero attached hydrogens (tertiary/aromatic N) is 1. The smallest absolute Gasteiger partial charge is 0.122 e. The Morgan fingerprint density at radius 3 is 2.50 bits per heavy atom. The quantitative estimate of drug-likeness (QED) is 0.907. The molecular formula is C18H29NO3. The van der Waals surface area contributed by atoms with Gasteiger partial charge in [-0.2, -0.15) is 0 Å². The molecule has 0 unspecified atom stereocenters. The summed E-state index contributed by atoms with van der Waals surface area (Å²) in [6, 6.07) is 4.18. The summed E-state index contributed by atoms with van der Waals surface area (Å²) < 4.78 is 11.6. The van der Waals surface area contributed by atoms with E-state index in [0.29, 0.717) is 13.2 Å². The topological polar surface area (TPSA) is 41.9 Å². The maximum absolute atomic E-state index is 10.3. The van der Waals surface area contributed by atoms with Crippen LogP contribution in [0.3, 0.4) is 0 Å². The highest BCUT2D eigenvalue weighted by atomic mass is 16.5. The van der Waals surface area contributed by atoms with Crippen LogP contribution in [0.4, 0.5) is 0 Å². The molecule has 0 amide bonds. The molecule has 1 saturated heterocycles. The summed E-state index contributed by atoms with van der Waals surface area (Å²) in [6.45, 7) is 13.0. The monoisotopic (exact) mass is 307 g/mol. The van der Waals surface area contributed by atoms with Gasteiger partial charge in [-0.3, -0.25) is 4.90 Å². The van der Waals surface area contributed by atoms with E-state index in [9.17, 15) is 5.11 Å². The molecule has 1 fully saturated rings. The van der Waals surface area contributed by atoms with Crippen molar-refractivity contribution in [2.24, 2.45) is 0 Å². The predicted octanol–water partition coefficient (Wildman–Crippen LogP) is 2.46. The summed E-state index contributed by atoms with van der Waals surface area (Å²) in [5, 5.41) is 10.3. The van der Waals surface area contributed by atoms with Crippen molar-refractivity contribution in [1.82, 2.24) is 4.90 Å². The van der Waals surface area contributed by atoms with Gasteiger partial charge in [-0.1, -0.05) is 6.07 Å². The van der Waals surface area contributed by atoms with Gasteiger partial charge in [0, 0.05) is 19.6 Å².